The molecule has 1 unspecified atom stereocenters. The molecule has 1 aromatic rings. The summed E-state index contributed by atoms with van der Waals surface area (Å²) in [4.78, 5) is 0. The normalized spacial score (nSPS) is 13.6. The van der Waals surface area contributed by atoms with Crippen LogP contribution < -0.4 is 4.46 Å². The van der Waals surface area contributed by atoms with Crippen LogP contribution in [0.4, 0.5) is 0 Å². The topological polar surface area (TPSA) is 17.1 Å². The minimum atomic E-state index is -1.89. The molecule has 0 aromatic heterocycles. The molecule has 2 heteroatoms. The van der Waals surface area contributed by atoms with Crippen molar-refractivity contribution in [1.29, 1.82) is 0 Å². The van der Waals surface area contributed by atoms with Gasteiger partial charge in [0.1, 0.15) is 0 Å². The van der Waals surface area contributed by atoms with Gasteiger partial charge in [-0.1, -0.05) is 0 Å². The second-order valence-corrected chi connectivity index (χ2v) is 9.64. The Bertz CT molecular complexity index is 429. The number of hydrogen-bond donors (Lipinski definition) is 0. The summed E-state index contributed by atoms with van der Waals surface area (Å²) in [5.74, 6) is 1.41. The quantitative estimate of drug-likeness (QED) is 0.716. The summed E-state index contributed by atoms with van der Waals surface area (Å²) in [5.41, 5.74) is 4.01. The summed E-state index contributed by atoms with van der Waals surface area (Å²) < 4.78 is 13.7. The fourth-order valence-electron chi connectivity index (χ4n) is 2.30. The third kappa shape index (κ3) is 3.77. The molecule has 0 spiro atoms. The van der Waals surface area contributed by atoms with Gasteiger partial charge in [0, 0.05) is 0 Å². The molecule has 0 fully saturated rings. The standard InChI is InChI=1S/C17H28OSe/c1-8-19(18)17-15(12(4)5)9-14(11(2)3)10-16(17)13(6)7/h9-13H,8H2,1-7H3. The van der Waals surface area contributed by atoms with Crippen molar-refractivity contribution in [1.82, 2.24) is 0 Å². The second-order valence-electron chi connectivity index (χ2n) is 6.13. The summed E-state index contributed by atoms with van der Waals surface area (Å²) in [6.07, 6.45) is 0. The molecule has 0 amide bonds. The Morgan fingerprint density at radius 2 is 1.32 bits per heavy atom. The van der Waals surface area contributed by atoms with Gasteiger partial charge in [0.15, 0.2) is 0 Å². The number of hydrogen-bond acceptors (Lipinski definition) is 1. The molecule has 0 aliphatic carbocycles. The van der Waals surface area contributed by atoms with Crippen LogP contribution in [0, 0.1) is 0 Å². The van der Waals surface area contributed by atoms with E-state index in [4.69, 9.17) is 0 Å². The summed E-state index contributed by atoms with van der Waals surface area (Å²) in [5, 5.41) is 0.792. The van der Waals surface area contributed by atoms with E-state index in [1.165, 1.54) is 21.2 Å². The van der Waals surface area contributed by atoms with E-state index in [1.54, 1.807) is 0 Å². The third-order valence-corrected chi connectivity index (χ3v) is 6.61. The molecular weight excluding hydrogens is 299 g/mol. The Labute approximate surface area is 122 Å². The van der Waals surface area contributed by atoms with Gasteiger partial charge < -0.3 is 0 Å². The molecule has 1 aromatic carbocycles. The summed E-state index contributed by atoms with van der Waals surface area (Å²) in [6, 6.07) is 4.58. The molecule has 19 heavy (non-hydrogen) atoms. The second kappa shape index (κ2) is 6.81. The number of rotatable bonds is 5. The van der Waals surface area contributed by atoms with E-state index in [0.717, 1.165) is 5.32 Å². The molecule has 0 saturated heterocycles. The van der Waals surface area contributed by atoms with Crippen molar-refractivity contribution in [2.45, 2.75) is 71.5 Å². The number of benzene rings is 1. The van der Waals surface area contributed by atoms with E-state index >= 15 is 0 Å². The van der Waals surface area contributed by atoms with Crippen LogP contribution in [-0.2, 0) is 3.83 Å². The van der Waals surface area contributed by atoms with E-state index in [-0.39, 0.29) is 0 Å². The SMILES string of the molecule is CC[Se](=O)c1c(C(C)C)cc(C(C)C)cc1C(C)C. The first-order valence-electron chi connectivity index (χ1n) is 7.35. The van der Waals surface area contributed by atoms with Gasteiger partial charge in [-0.3, -0.25) is 0 Å². The van der Waals surface area contributed by atoms with Crippen LogP contribution in [0.15, 0.2) is 12.1 Å². The monoisotopic (exact) mass is 328 g/mol. The molecule has 1 atom stereocenters. The van der Waals surface area contributed by atoms with Crippen LogP contribution >= 0.6 is 0 Å². The van der Waals surface area contributed by atoms with Gasteiger partial charge >= 0.3 is 122 Å². The van der Waals surface area contributed by atoms with Crippen molar-refractivity contribution in [3.05, 3.63) is 28.8 Å². The predicted molar refractivity (Wildman–Crippen MR) is 85.3 cm³/mol. The van der Waals surface area contributed by atoms with Gasteiger partial charge in [0.2, 0.25) is 0 Å². The van der Waals surface area contributed by atoms with Gasteiger partial charge in [-0.25, -0.2) is 0 Å². The van der Waals surface area contributed by atoms with Crippen LogP contribution in [-0.4, -0.2) is 13.8 Å². The molecule has 0 radical (unpaired) electrons. The van der Waals surface area contributed by atoms with Crippen LogP contribution in [0.5, 0.6) is 0 Å². The van der Waals surface area contributed by atoms with Gasteiger partial charge in [-0.15, -0.1) is 0 Å². The fourth-order valence-corrected chi connectivity index (χ4v) is 5.24. The zero-order chi connectivity index (χ0) is 14.7. The molecule has 0 aliphatic rings. The molecule has 1 rings (SSSR count). The van der Waals surface area contributed by atoms with Gasteiger partial charge in [-0.2, -0.15) is 0 Å². The van der Waals surface area contributed by atoms with Crippen LogP contribution in [0.1, 0.15) is 82.9 Å². The molecule has 0 saturated carbocycles. The van der Waals surface area contributed by atoms with E-state index in [1.807, 2.05) is 6.92 Å². The summed E-state index contributed by atoms with van der Waals surface area (Å²) in [6.45, 7) is 15.3. The van der Waals surface area contributed by atoms with Crippen LogP contribution in [0.2, 0.25) is 5.32 Å². The maximum atomic E-state index is 12.6. The Balaban J connectivity index is 3.60. The van der Waals surface area contributed by atoms with Crippen LogP contribution in [0.3, 0.4) is 0 Å². The molecule has 1 nitrogen and oxygen atoms in total. The first kappa shape index (κ1) is 16.6. The molecule has 0 heterocycles. The Kier molecular flexibility index (Phi) is 5.95. The van der Waals surface area contributed by atoms with Crippen molar-refractivity contribution in [2.75, 3.05) is 0 Å². The molecule has 0 N–H and O–H groups in total. The Hall–Kier alpha value is -0.461. The maximum absolute atomic E-state index is 12.6. The van der Waals surface area contributed by atoms with E-state index in [9.17, 15) is 3.83 Å². The Morgan fingerprint density at radius 3 is 1.58 bits per heavy atom. The van der Waals surface area contributed by atoms with E-state index < -0.39 is 13.8 Å². The molecular formula is C17H28OSe. The minimum absolute atomic E-state index is 0.443. The van der Waals surface area contributed by atoms with Crippen LogP contribution in [0.25, 0.3) is 0 Å². The average molecular weight is 327 g/mol. The summed E-state index contributed by atoms with van der Waals surface area (Å²) in [7, 11) is 0. The van der Waals surface area contributed by atoms with Crippen molar-refractivity contribution >= 4 is 18.3 Å². The van der Waals surface area contributed by atoms with Crippen molar-refractivity contribution in [3.63, 3.8) is 0 Å². The van der Waals surface area contributed by atoms with E-state index in [2.05, 4.69) is 53.7 Å². The first-order valence-corrected chi connectivity index (χ1v) is 10.1. The molecule has 0 bridgehead atoms. The van der Waals surface area contributed by atoms with Crippen molar-refractivity contribution in [2.24, 2.45) is 0 Å². The van der Waals surface area contributed by atoms with Gasteiger partial charge in [-0.05, 0) is 0 Å². The summed E-state index contributed by atoms with van der Waals surface area (Å²) >= 11 is -1.89. The van der Waals surface area contributed by atoms with Crippen molar-refractivity contribution in [3.8, 4) is 0 Å². The average Bonchev–Trinajstić information content (AvgIpc) is 2.35. The first-order chi connectivity index (χ1) is 8.79. The zero-order valence-corrected chi connectivity index (χ0v) is 15.1. The van der Waals surface area contributed by atoms with Crippen molar-refractivity contribution < 1.29 is 3.83 Å². The molecule has 108 valence electrons. The molecule has 0 aliphatic heterocycles. The fraction of sp³-hybridized carbons (Fsp3) is 0.647. The van der Waals surface area contributed by atoms with Gasteiger partial charge in [0.05, 0.1) is 0 Å². The third-order valence-electron chi connectivity index (χ3n) is 3.57. The van der Waals surface area contributed by atoms with E-state index in [0.29, 0.717) is 17.8 Å². The zero-order valence-electron chi connectivity index (χ0n) is 13.4. The van der Waals surface area contributed by atoms with Gasteiger partial charge in [0.25, 0.3) is 0 Å². The predicted octanol–water partition coefficient (Wildman–Crippen LogP) is 4.71. The Morgan fingerprint density at radius 1 is 0.895 bits per heavy atom.